The van der Waals surface area contributed by atoms with Gasteiger partial charge >= 0.3 is 0 Å². The number of amides is 2. The molecule has 2 amide bonds. The Morgan fingerprint density at radius 3 is 2.50 bits per heavy atom. The summed E-state index contributed by atoms with van der Waals surface area (Å²) in [6.45, 7) is -0.111. The molecule has 10 heteroatoms. The maximum atomic E-state index is 12.4. The number of nitrogens with zero attached hydrogens (tertiary/aromatic N) is 2. The van der Waals surface area contributed by atoms with Crippen molar-refractivity contribution in [1.29, 1.82) is 0 Å². The van der Waals surface area contributed by atoms with Gasteiger partial charge in [-0.3, -0.25) is 14.6 Å². The molecule has 3 aromatic rings. The molecule has 0 unspecified atom stereocenters. The molecule has 3 rings (SSSR count). The van der Waals surface area contributed by atoms with Crippen LogP contribution in [0.1, 0.15) is 16.1 Å². The van der Waals surface area contributed by atoms with E-state index in [1.165, 1.54) is 37.8 Å². The number of aromatic nitrogens is 1. The number of sulfonamides is 1. The summed E-state index contributed by atoms with van der Waals surface area (Å²) < 4.78 is 30.8. The Balaban J connectivity index is 1.50. The predicted octanol–water partition coefficient (Wildman–Crippen LogP) is 1.86. The minimum absolute atomic E-state index is 0.0208. The molecule has 0 saturated carbocycles. The van der Waals surface area contributed by atoms with Crippen LogP contribution in [0, 0.1) is 0 Å². The number of pyridine rings is 1. The van der Waals surface area contributed by atoms with E-state index in [1.54, 1.807) is 36.4 Å². The minimum atomic E-state index is -3.79. The van der Waals surface area contributed by atoms with Crippen LogP contribution in [-0.4, -0.2) is 43.1 Å². The van der Waals surface area contributed by atoms with Crippen LogP contribution in [0.15, 0.2) is 76.5 Å². The lowest BCUT2D eigenvalue weighted by Gasteiger charge is -2.16. The summed E-state index contributed by atoms with van der Waals surface area (Å²) in [5.41, 5.74) is 1.37. The molecule has 0 radical (unpaired) electrons. The highest BCUT2D eigenvalue weighted by Crippen LogP contribution is 2.13. The second-order valence-corrected chi connectivity index (χ2v) is 8.40. The summed E-state index contributed by atoms with van der Waals surface area (Å²) >= 11 is 0. The maximum Gasteiger partial charge on any atom is 0.291 e. The van der Waals surface area contributed by atoms with Crippen molar-refractivity contribution >= 4 is 27.5 Å². The van der Waals surface area contributed by atoms with Crippen molar-refractivity contribution in [2.24, 2.45) is 0 Å². The fourth-order valence-corrected chi connectivity index (χ4v) is 3.62. The van der Waals surface area contributed by atoms with Gasteiger partial charge in [0.1, 0.15) is 4.90 Å². The van der Waals surface area contributed by atoms with E-state index < -0.39 is 15.9 Å². The van der Waals surface area contributed by atoms with Crippen LogP contribution in [-0.2, 0) is 21.4 Å². The van der Waals surface area contributed by atoms with Gasteiger partial charge in [0.2, 0.25) is 15.9 Å². The Labute approximate surface area is 173 Å². The first kappa shape index (κ1) is 21.2. The van der Waals surface area contributed by atoms with Gasteiger partial charge in [-0.25, -0.2) is 8.42 Å². The first-order valence-corrected chi connectivity index (χ1v) is 10.4. The molecule has 0 bridgehead atoms. The summed E-state index contributed by atoms with van der Waals surface area (Å²) in [5.74, 6) is -0.601. The molecule has 2 aromatic heterocycles. The molecule has 0 fully saturated rings. The molecule has 0 spiro atoms. The Hall–Kier alpha value is -3.50. The van der Waals surface area contributed by atoms with Crippen molar-refractivity contribution in [1.82, 2.24) is 14.6 Å². The van der Waals surface area contributed by atoms with Crippen molar-refractivity contribution in [3.05, 3.63) is 78.5 Å². The Morgan fingerprint density at radius 2 is 1.87 bits per heavy atom. The second-order valence-electron chi connectivity index (χ2n) is 6.35. The van der Waals surface area contributed by atoms with Crippen LogP contribution in [0.3, 0.4) is 0 Å². The molecule has 2 heterocycles. The van der Waals surface area contributed by atoms with Gasteiger partial charge in [0.05, 0.1) is 12.8 Å². The Bertz CT molecular complexity index is 1100. The molecule has 2 N–H and O–H groups in total. The zero-order valence-electron chi connectivity index (χ0n) is 16.1. The van der Waals surface area contributed by atoms with E-state index >= 15 is 0 Å². The summed E-state index contributed by atoms with van der Waals surface area (Å²) in [6.07, 6.45) is 4.12. The van der Waals surface area contributed by atoms with Gasteiger partial charge in [-0.15, -0.1) is 0 Å². The third-order valence-corrected chi connectivity index (χ3v) is 5.94. The van der Waals surface area contributed by atoms with Crippen LogP contribution in [0.25, 0.3) is 0 Å². The molecule has 0 aliphatic heterocycles. The number of furan rings is 1. The molecule has 156 valence electrons. The summed E-state index contributed by atoms with van der Waals surface area (Å²) in [5, 5.41) is 5.37. The van der Waals surface area contributed by atoms with Gasteiger partial charge in [0.15, 0.2) is 5.76 Å². The zero-order chi connectivity index (χ0) is 21.6. The molecular formula is C20H20N4O5S. The standard InChI is InChI=1S/C20H20N4O5S/c1-24(30(27,28)17-4-2-10-21-13-17)14-19(25)22-12-15-6-8-16(9-7-15)23-20(26)18-5-3-11-29-18/h2-11,13H,12,14H2,1H3,(H,22,25)(H,23,26). The lowest BCUT2D eigenvalue weighted by atomic mass is 10.2. The van der Waals surface area contributed by atoms with Crippen LogP contribution < -0.4 is 10.6 Å². The molecular weight excluding hydrogens is 408 g/mol. The highest BCUT2D eigenvalue weighted by molar-refractivity contribution is 7.89. The lowest BCUT2D eigenvalue weighted by molar-refractivity contribution is -0.121. The Morgan fingerprint density at radius 1 is 1.10 bits per heavy atom. The second kappa shape index (κ2) is 9.33. The minimum Gasteiger partial charge on any atom is -0.459 e. The summed E-state index contributed by atoms with van der Waals surface area (Å²) in [7, 11) is -2.46. The monoisotopic (exact) mass is 428 g/mol. The van der Waals surface area contributed by atoms with Crippen molar-refractivity contribution < 1.29 is 22.4 Å². The average molecular weight is 428 g/mol. The Kier molecular flexibility index (Phi) is 6.60. The van der Waals surface area contributed by atoms with Gasteiger partial charge in [0, 0.05) is 31.7 Å². The number of carbonyl (C=O) groups excluding carboxylic acids is 2. The first-order chi connectivity index (χ1) is 14.4. The van der Waals surface area contributed by atoms with E-state index in [1.807, 2.05) is 0 Å². The van der Waals surface area contributed by atoms with Crippen molar-refractivity contribution in [3.63, 3.8) is 0 Å². The van der Waals surface area contributed by atoms with Crippen molar-refractivity contribution in [3.8, 4) is 0 Å². The number of nitrogens with one attached hydrogen (secondary N) is 2. The van der Waals surface area contributed by atoms with Gasteiger partial charge in [0.25, 0.3) is 5.91 Å². The van der Waals surface area contributed by atoms with Gasteiger partial charge in [-0.1, -0.05) is 12.1 Å². The number of hydrogen-bond acceptors (Lipinski definition) is 6. The number of likely N-dealkylation sites (N-methyl/N-ethyl adjacent to an activating group) is 1. The van der Waals surface area contributed by atoms with E-state index in [2.05, 4.69) is 15.6 Å². The fourth-order valence-electron chi connectivity index (χ4n) is 2.53. The number of hydrogen-bond donors (Lipinski definition) is 2. The largest absolute Gasteiger partial charge is 0.459 e. The lowest BCUT2D eigenvalue weighted by Crippen LogP contribution is -2.38. The molecule has 9 nitrogen and oxygen atoms in total. The summed E-state index contributed by atoms with van der Waals surface area (Å²) in [4.78, 5) is 27.9. The van der Waals surface area contributed by atoms with Gasteiger partial charge in [-0.05, 0) is 42.0 Å². The fraction of sp³-hybridized carbons (Fsp3) is 0.150. The highest BCUT2D eigenvalue weighted by atomic mass is 32.2. The molecule has 0 aliphatic carbocycles. The van der Waals surface area contributed by atoms with E-state index in [4.69, 9.17) is 4.42 Å². The number of carbonyl (C=O) groups is 2. The smallest absolute Gasteiger partial charge is 0.291 e. The number of rotatable bonds is 8. The van der Waals surface area contributed by atoms with E-state index in [0.717, 1.165) is 9.87 Å². The number of benzene rings is 1. The van der Waals surface area contributed by atoms with Crippen LogP contribution >= 0.6 is 0 Å². The molecule has 0 saturated heterocycles. The van der Waals surface area contributed by atoms with E-state index in [-0.39, 0.29) is 29.7 Å². The SMILES string of the molecule is CN(CC(=O)NCc1ccc(NC(=O)c2ccco2)cc1)S(=O)(=O)c1cccnc1. The van der Waals surface area contributed by atoms with Crippen molar-refractivity contribution in [2.75, 3.05) is 18.9 Å². The number of anilines is 1. The van der Waals surface area contributed by atoms with Gasteiger partial charge < -0.3 is 15.1 Å². The normalized spacial score (nSPS) is 11.3. The predicted molar refractivity (Wildman–Crippen MR) is 109 cm³/mol. The third kappa shape index (κ3) is 5.31. The van der Waals surface area contributed by atoms with Crippen molar-refractivity contribution in [2.45, 2.75) is 11.4 Å². The first-order valence-electron chi connectivity index (χ1n) is 8.93. The highest BCUT2D eigenvalue weighted by Gasteiger charge is 2.22. The third-order valence-electron chi connectivity index (χ3n) is 4.16. The van der Waals surface area contributed by atoms with Crippen LogP contribution in [0.2, 0.25) is 0 Å². The molecule has 30 heavy (non-hydrogen) atoms. The van der Waals surface area contributed by atoms with Gasteiger partial charge in [-0.2, -0.15) is 4.31 Å². The molecule has 0 atom stereocenters. The quantitative estimate of drug-likeness (QED) is 0.565. The summed E-state index contributed by atoms with van der Waals surface area (Å²) in [6, 6.07) is 13.0. The van der Waals surface area contributed by atoms with Crippen LogP contribution in [0.4, 0.5) is 5.69 Å². The van der Waals surface area contributed by atoms with E-state index in [0.29, 0.717) is 5.69 Å². The average Bonchev–Trinajstić information content (AvgIpc) is 3.29. The van der Waals surface area contributed by atoms with Crippen LogP contribution in [0.5, 0.6) is 0 Å². The molecule has 0 aliphatic rings. The topological polar surface area (TPSA) is 122 Å². The molecule has 1 aromatic carbocycles. The van der Waals surface area contributed by atoms with E-state index in [9.17, 15) is 18.0 Å². The maximum absolute atomic E-state index is 12.4. The zero-order valence-corrected chi connectivity index (χ0v) is 16.9.